The minimum atomic E-state index is -1.01. The Hall–Kier alpha value is -2.24. The molecule has 2 N–H and O–H groups in total. The molecule has 0 spiro atoms. The van der Waals surface area contributed by atoms with Crippen LogP contribution in [0.15, 0.2) is 18.2 Å². The zero-order chi connectivity index (χ0) is 15.3. The first-order valence-corrected chi connectivity index (χ1v) is 6.09. The number of para-hydroxylation sites is 1. The number of nitrogens with one attached hydrogen (secondary N) is 1. The molecule has 1 aromatic rings. The van der Waals surface area contributed by atoms with Gasteiger partial charge in [-0.15, -0.1) is 0 Å². The monoisotopic (exact) mass is 281 g/mol. The number of benzene rings is 1. The van der Waals surface area contributed by atoms with E-state index in [1.165, 1.54) is 13.2 Å². The number of ether oxygens (including phenoxy) is 2. The van der Waals surface area contributed by atoms with Crippen molar-refractivity contribution in [2.45, 2.75) is 32.4 Å². The number of phenols is 1. The van der Waals surface area contributed by atoms with Gasteiger partial charge < -0.3 is 24.7 Å². The van der Waals surface area contributed by atoms with Gasteiger partial charge in [0.2, 0.25) is 0 Å². The predicted octanol–water partition coefficient (Wildman–Crippen LogP) is 2.17. The molecule has 0 heterocycles. The SMILES string of the molecule is COc1cccc(C(C=O)NC(=O)OC(C)(C)C)c1O. The maximum Gasteiger partial charge on any atom is 0.408 e. The van der Waals surface area contributed by atoms with Crippen LogP contribution in [-0.2, 0) is 9.53 Å². The number of methoxy groups -OCH3 is 1. The Morgan fingerprint density at radius 2 is 2.05 bits per heavy atom. The zero-order valence-corrected chi connectivity index (χ0v) is 12.0. The van der Waals surface area contributed by atoms with Crippen molar-refractivity contribution < 1.29 is 24.2 Å². The predicted molar refractivity (Wildman–Crippen MR) is 72.8 cm³/mol. The van der Waals surface area contributed by atoms with Crippen molar-refractivity contribution in [1.82, 2.24) is 5.32 Å². The molecule has 1 atom stereocenters. The van der Waals surface area contributed by atoms with Gasteiger partial charge in [0.15, 0.2) is 11.5 Å². The molecule has 6 heteroatoms. The molecule has 6 nitrogen and oxygen atoms in total. The van der Waals surface area contributed by atoms with Crippen molar-refractivity contribution in [3.8, 4) is 11.5 Å². The first-order valence-electron chi connectivity index (χ1n) is 6.09. The van der Waals surface area contributed by atoms with Gasteiger partial charge in [0.05, 0.1) is 7.11 Å². The Labute approximate surface area is 117 Å². The summed E-state index contributed by atoms with van der Waals surface area (Å²) in [6, 6.07) is 3.67. The van der Waals surface area contributed by atoms with Gasteiger partial charge in [0.1, 0.15) is 17.9 Å². The van der Waals surface area contributed by atoms with E-state index < -0.39 is 17.7 Å². The van der Waals surface area contributed by atoms with Crippen molar-refractivity contribution in [1.29, 1.82) is 0 Å². The number of aldehydes is 1. The van der Waals surface area contributed by atoms with Crippen LogP contribution in [0.5, 0.6) is 11.5 Å². The second-order valence-corrected chi connectivity index (χ2v) is 5.16. The lowest BCUT2D eigenvalue weighted by Gasteiger charge is -2.22. The van der Waals surface area contributed by atoms with Gasteiger partial charge in [-0.25, -0.2) is 4.79 Å². The highest BCUT2D eigenvalue weighted by molar-refractivity contribution is 5.75. The lowest BCUT2D eigenvalue weighted by molar-refractivity contribution is -0.109. The standard InChI is InChI=1S/C14H19NO5/c1-14(2,3)20-13(18)15-10(8-16)9-6-5-7-11(19-4)12(9)17/h5-8,10,17H,1-4H3,(H,15,18). The molecular formula is C14H19NO5. The van der Waals surface area contributed by atoms with Crippen molar-refractivity contribution in [2.24, 2.45) is 0 Å². The van der Waals surface area contributed by atoms with E-state index >= 15 is 0 Å². The lowest BCUT2D eigenvalue weighted by Crippen LogP contribution is -2.35. The molecule has 0 fully saturated rings. The van der Waals surface area contributed by atoms with Gasteiger partial charge in [-0.2, -0.15) is 0 Å². The van der Waals surface area contributed by atoms with Crippen LogP contribution >= 0.6 is 0 Å². The number of hydrogen-bond donors (Lipinski definition) is 2. The second kappa shape index (κ2) is 6.27. The molecule has 0 aliphatic heterocycles. The zero-order valence-electron chi connectivity index (χ0n) is 12.0. The third-order valence-electron chi connectivity index (χ3n) is 2.39. The summed E-state index contributed by atoms with van der Waals surface area (Å²) in [5.74, 6) is 0.0310. The summed E-state index contributed by atoms with van der Waals surface area (Å²) >= 11 is 0. The van der Waals surface area contributed by atoms with Crippen molar-refractivity contribution >= 4 is 12.4 Å². The van der Waals surface area contributed by atoms with Crippen LogP contribution in [0.2, 0.25) is 0 Å². The Bertz CT molecular complexity index is 493. The van der Waals surface area contributed by atoms with Gasteiger partial charge in [-0.3, -0.25) is 0 Å². The van der Waals surface area contributed by atoms with Crippen LogP contribution in [0.1, 0.15) is 32.4 Å². The Morgan fingerprint density at radius 3 is 2.55 bits per heavy atom. The number of carbonyl (C=O) groups is 2. The number of phenolic OH excluding ortho intramolecular Hbond substituents is 1. The van der Waals surface area contributed by atoms with E-state index in [9.17, 15) is 14.7 Å². The summed E-state index contributed by atoms with van der Waals surface area (Å²) in [6.07, 6.45) is -0.227. The van der Waals surface area contributed by atoms with E-state index in [0.29, 0.717) is 6.29 Å². The van der Waals surface area contributed by atoms with Crippen LogP contribution < -0.4 is 10.1 Å². The normalized spacial score (nSPS) is 12.4. The van der Waals surface area contributed by atoms with E-state index in [4.69, 9.17) is 9.47 Å². The summed E-state index contributed by atoms with van der Waals surface area (Å²) in [4.78, 5) is 22.8. The molecule has 0 aliphatic carbocycles. The van der Waals surface area contributed by atoms with Gasteiger partial charge in [-0.1, -0.05) is 12.1 Å². The van der Waals surface area contributed by atoms with E-state index in [0.717, 1.165) is 0 Å². The van der Waals surface area contributed by atoms with E-state index in [2.05, 4.69) is 5.32 Å². The summed E-state index contributed by atoms with van der Waals surface area (Å²) in [6.45, 7) is 5.14. The molecular weight excluding hydrogens is 262 g/mol. The number of aromatic hydroxyl groups is 1. The number of alkyl carbamates (subject to hydrolysis) is 1. The van der Waals surface area contributed by atoms with Gasteiger partial charge in [-0.05, 0) is 26.8 Å². The molecule has 0 aromatic heterocycles. The third-order valence-corrected chi connectivity index (χ3v) is 2.39. The quantitative estimate of drug-likeness (QED) is 0.826. The van der Waals surface area contributed by atoms with E-state index in [-0.39, 0.29) is 17.1 Å². The number of carbonyl (C=O) groups excluding carboxylic acids is 2. The fourth-order valence-corrected chi connectivity index (χ4v) is 1.57. The average Bonchev–Trinajstić information content (AvgIpc) is 2.34. The number of amides is 1. The first kappa shape index (κ1) is 15.8. The molecule has 110 valence electrons. The highest BCUT2D eigenvalue weighted by Gasteiger charge is 2.23. The second-order valence-electron chi connectivity index (χ2n) is 5.16. The topological polar surface area (TPSA) is 84.9 Å². The van der Waals surface area contributed by atoms with Crippen LogP contribution in [0.4, 0.5) is 4.79 Å². The van der Waals surface area contributed by atoms with E-state index in [1.54, 1.807) is 32.9 Å². The molecule has 1 amide bonds. The Morgan fingerprint density at radius 1 is 1.40 bits per heavy atom. The van der Waals surface area contributed by atoms with Crippen LogP contribution in [0.3, 0.4) is 0 Å². The maximum atomic E-state index is 11.7. The van der Waals surface area contributed by atoms with Crippen molar-refractivity contribution in [2.75, 3.05) is 7.11 Å². The molecule has 0 aliphatic rings. The van der Waals surface area contributed by atoms with Crippen LogP contribution in [-0.4, -0.2) is 30.2 Å². The Kier molecular flexibility index (Phi) is 4.96. The number of rotatable bonds is 4. The minimum Gasteiger partial charge on any atom is -0.504 e. The summed E-state index contributed by atoms with van der Waals surface area (Å²) < 4.78 is 10.0. The lowest BCUT2D eigenvalue weighted by atomic mass is 10.1. The first-order chi connectivity index (χ1) is 9.28. The molecule has 1 rings (SSSR count). The summed E-state index contributed by atoms with van der Waals surface area (Å²) in [5, 5.41) is 12.3. The molecule has 0 saturated heterocycles. The third kappa shape index (κ3) is 4.15. The molecule has 0 saturated carbocycles. The molecule has 0 bridgehead atoms. The average molecular weight is 281 g/mol. The van der Waals surface area contributed by atoms with Crippen LogP contribution in [0, 0.1) is 0 Å². The minimum absolute atomic E-state index is 0.192. The summed E-state index contributed by atoms with van der Waals surface area (Å²) in [5.41, 5.74) is -0.432. The fraction of sp³-hybridized carbons (Fsp3) is 0.429. The highest BCUT2D eigenvalue weighted by atomic mass is 16.6. The van der Waals surface area contributed by atoms with Gasteiger partial charge in [0, 0.05) is 5.56 Å². The Balaban J connectivity index is 2.92. The van der Waals surface area contributed by atoms with Gasteiger partial charge >= 0.3 is 6.09 Å². The molecule has 20 heavy (non-hydrogen) atoms. The van der Waals surface area contributed by atoms with Crippen molar-refractivity contribution in [3.05, 3.63) is 23.8 Å². The highest BCUT2D eigenvalue weighted by Crippen LogP contribution is 2.32. The smallest absolute Gasteiger partial charge is 0.408 e. The maximum absolute atomic E-state index is 11.7. The number of hydrogen-bond acceptors (Lipinski definition) is 5. The molecule has 1 unspecified atom stereocenters. The van der Waals surface area contributed by atoms with E-state index in [1.807, 2.05) is 0 Å². The van der Waals surface area contributed by atoms with Crippen LogP contribution in [0.25, 0.3) is 0 Å². The largest absolute Gasteiger partial charge is 0.504 e. The molecule has 1 aromatic carbocycles. The summed E-state index contributed by atoms with van der Waals surface area (Å²) in [7, 11) is 1.40. The van der Waals surface area contributed by atoms with Crippen molar-refractivity contribution in [3.63, 3.8) is 0 Å². The molecule has 0 radical (unpaired) electrons. The van der Waals surface area contributed by atoms with Gasteiger partial charge in [0.25, 0.3) is 0 Å². The fourth-order valence-electron chi connectivity index (χ4n) is 1.57.